The molecule has 90 valence electrons. The Morgan fingerprint density at radius 1 is 1.41 bits per heavy atom. The maximum Gasteiger partial charge on any atom is 0.254 e. The van der Waals surface area contributed by atoms with E-state index in [9.17, 15) is 0 Å². The number of nitrogens with zero attached hydrogens (tertiary/aromatic N) is 4. The molecule has 3 heterocycles. The number of fused-ring (bicyclic) bond motifs is 1. The first kappa shape index (κ1) is 10.7. The molecule has 0 aromatic carbocycles. The van der Waals surface area contributed by atoms with Gasteiger partial charge in [0.25, 0.3) is 5.78 Å². The number of hydrogen-bond donors (Lipinski definition) is 1. The average Bonchev–Trinajstić information content (AvgIpc) is 2.72. The predicted octanol–water partition coefficient (Wildman–Crippen LogP) is 1.57. The highest BCUT2D eigenvalue weighted by Gasteiger charge is 2.36. The summed E-state index contributed by atoms with van der Waals surface area (Å²) >= 11 is 0. The number of aromatic nitrogens is 4. The molecular weight excluding hydrogens is 214 g/mol. The van der Waals surface area contributed by atoms with Gasteiger partial charge in [0.2, 0.25) is 0 Å². The molecule has 0 amide bonds. The Balaban J connectivity index is 2.08. The molecular formula is C12H17N5. The summed E-state index contributed by atoms with van der Waals surface area (Å²) in [5.41, 5.74) is 0.205. The molecule has 2 aromatic rings. The molecule has 1 N–H and O–H groups in total. The van der Waals surface area contributed by atoms with Crippen molar-refractivity contribution in [2.75, 3.05) is 6.54 Å². The van der Waals surface area contributed by atoms with Crippen molar-refractivity contribution in [3.8, 4) is 0 Å². The molecule has 17 heavy (non-hydrogen) atoms. The minimum Gasteiger partial charge on any atom is -0.307 e. The van der Waals surface area contributed by atoms with E-state index in [1.54, 1.807) is 6.20 Å². The monoisotopic (exact) mass is 231 g/mol. The first-order valence-corrected chi connectivity index (χ1v) is 6.07. The average molecular weight is 231 g/mol. The number of nitrogens with one attached hydrogen (secondary N) is 1. The standard InChI is InChI=1S/C12H17N5/c1-12(2)5-3-6-13-9(12)10-15-16-11-14-7-4-8-17(10)11/h4,7-9,13H,3,5-6H2,1-2H3. The van der Waals surface area contributed by atoms with Gasteiger partial charge in [-0.3, -0.25) is 4.40 Å². The summed E-state index contributed by atoms with van der Waals surface area (Å²) in [5, 5.41) is 12.0. The topological polar surface area (TPSA) is 55.1 Å². The largest absolute Gasteiger partial charge is 0.307 e. The summed E-state index contributed by atoms with van der Waals surface area (Å²) in [6.45, 7) is 5.60. The third kappa shape index (κ3) is 1.70. The summed E-state index contributed by atoms with van der Waals surface area (Å²) in [5.74, 6) is 1.64. The van der Waals surface area contributed by atoms with Crippen molar-refractivity contribution < 1.29 is 0 Å². The number of piperidine rings is 1. The van der Waals surface area contributed by atoms with Crippen molar-refractivity contribution in [3.05, 3.63) is 24.3 Å². The van der Waals surface area contributed by atoms with Crippen molar-refractivity contribution in [3.63, 3.8) is 0 Å². The van der Waals surface area contributed by atoms with E-state index in [0.29, 0.717) is 5.78 Å². The van der Waals surface area contributed by atoms with E-state index in [2.05, 4.69) is 34.3 Å². The van der Waals surface area contributed by atoms with Crippen LogP contribution in [0.2, 0.25) is 0 Å². The smallest absolute Gasteiger partial charge is 0.254 e. The van der Waals surface area contributed by atoms with Crippen LogP contribution >= 0.6 is 0 Å². The lowest BCUT2D eigenvalue weighted by atomic mass is 9.77. The minimum atomic E-state index is 0.205. The summed E-state index contributed by atoms with van der Waals surface area (Å²) in [7, 11) is 0. The quantitative estimate of drug-likeness (QED) is 0.809. The van der Waals surface area contributed by atoms with Gasteiger partial charge in [-0.15, -0.1) is 10.2 Å². The van der Waals surface area contributed by atoms with E-state index in [1.807, 2.05) is 16.7 Å². The number of rotatable bonds is 1. The lowest BCUT2D eigenvalue weighted by molar-refractivity contribution is 0.173. The zero-order chi connectivity index (χ0) is 11.9. The van der Waals surface area contributed by atoms with E-state index >= 15 is 0 Å². The molecule has 1 saturated heterocycles. The van der Waals surface area contributed by atoms with Gasteiger partial charge in [-0.25, -0.2) is 4.98 Å². The van der Waals surface area contributed by atoms with Crippen LogP contribution in [0.5, 0.6) is 0 Å². The lowest BCUT2D eigenvalue weighted by Gasteiger charge is -2.38. The van der Waals surface area contributed by atoms with Gasteiger partial charge >= 0.3 is 0 Å². The van der Waals surface area contributed by atoms with Crippen LogP contribution in [0.3, 0.4) is 0 Å². The van der Waals surface area contributed by atoms with Crippen LogP contribution in [-0.2, 0) is 0 Å². The van der Waals surface area contributed by atoms with Crippen LogP contribution in [0.1, 0.15) is 38.6 Å². The van der Waals surface area contributed by atoms with Gasteiger partial charge in [0.15, 0.2) is 5.82 Å². The van der Waals surface area contributed by atoms with Crippen LogP contribution in [0.25, 0.3) is 5.78 Å². The zero-order valence-corrected chi connectivity index (χ0v) is 10.2. The second kappa shape index (κ2) is 3.77. The molecule has 0 spiro atoms. The first-order valence-electron chi connectivity index (χ1n) is 6.07. The molecule has 1 fully saturated rings. The fourth-order valence-corrected chi connectivity index (χ4v) is 2.61. The second-order valence-corrected chi connectivity index (χ2v) is 5.33. The van der Waals surface area contributed by atoms with Gasteiger partial charge in [0, 0.05) is 12.4 Å². The molecule has 0 saturated carbocycles. The predicted molar refractivity (Wildman–Crippen MR) is 64.5 cm³/mol. The van der Waals surface area contributed by atoms with Gasteiger partial charge in [-0.1, -0.05) is 13.8 Å². The highest BCUT2D eigenvalue weighted by Crippen LogP contribution is 2.39. The fourth-order valence-electron chi connectivity index (χ4n) is 2.61. The summed E-state index contributed by atoms with van der Waals surface area (Å²) in [6.07, 6.45) is 6.15. The van der Waals surface area contributed by atoms with Crippen molar-refractivity contribution in [1.82, 2.24) is 24.9 Å². The van der Waals surface area contributed by atoms with Gasteiger partial charge in [-0.2, -0.15) is 0 Å². The third-order valence-electron chi connectivity index (χ3n) is 3.60. The second-order valence-electron chi connectivity index (χ2n) is 5.33. The van der Waals surface area contributed by atoms with Gasteiger partial charge < -0.3 is 5.32 Å². The maximum atomic E-state index is 4.30. The molecule has 1 unspecified atom stereocenters. The van der Waals surface area contributed by atoms with Crippen LogP contribution in [-0.4, -0.2) is 26.1 Å². The number of hydrogen-bond acceptors (Lipinski definition) is 4. The third-order valence-corrected chi connectivity index (χ3v) is 3.60. The molecule has 5 heteroatoms. The van der Waals surface area contributed by atoms with Crippen LogP contribution in [0, 0.1) is 5.41 Å². The Hall–Kier alpha value is -1.49. The molecule has 5 nitrogen and oxygen atoms in total. The van der Waals surface area contributed by atoms with Crippen LogP contribution in [0.4, 0.5) is 0 Å². The van der Waals surface area contributed by atoms with Gasteiger partial charge in [0.1, 0.15) is 0 Å². The molecule has 0 aliphatic carbocycles. The van der Waals surface area contributed by atoms with E-state index in [4.69, 9.17) is 0 Å². The van der Waals surface area contributed by atoms with Gasteiger partial charge in [0.05, 0.1) is 6.04 Å². The Morgan fingerprint density at radius 3 is 3.12 bits per heavy atom. The van der Waals surface area contributed by atoms with Crippen molar-refractivity contribution in [2.45, 2.75) is 32.7 Å². The normalized spacial score (nSPS) is 24.0. The van der Waals surface area contributed by atoms with Crippen molar-refractivity contribution in [2.24, 2.45) is 5.41 Å². The van der Waals surface area contributed by atoms with E-state index in [1.165, 1.54) is 12.8 Å². The fraction of sp³-hybridized carbons (Fsp3) is 0.583. The highest BCUT2D eigenvalue weighted by atomic mass is 15.3. The van der Waals surface area contributed by atoms with Crippen molar-refractivity contribution in [1.29, 1.82) is 0 Å². The van der Waals surface area contributed by atoms with E-state index in [0.717, 1.165) is 12.4 Å². The van der Waals surface area contributed by atoms with Crippen molar-refractivity contribution >= 4 is 5.78 Å². The first-order chi connectivity index (χ1) is 8.18. The lowest BCUT2D eigenvalue weighted by Crippen LogP contribution is -2.40. The summed E-state index contributed by atoms with van der Waals surface area (Å²) in [4.78, 5) is 4.21. The molecule has 0 radical (unpaired) electrons. The zero-order valence-electron chi connectivity index (χ0n) is 10.2. The summed E-state index contributed by atoms with van der Waals surface area (Å²) < 4.78 is 1.98. The van der Waals surface area contributed by atoms with Gasteiger partial charge in [-0.05, 0) is 30.9 Å². The maximum absolute atomic E-state index is 4.30. The van der Waals surface area contributed by atoms with Crippen LogP contribution < -0.4 is 5.32 Å². The van der Waals surface area contributed by atoms with E-state index in [-0.39, 0.29) is 11.5 Å². The highest BCUT2D eigenvalue weighted by molar-refractivity contribution is 5.27. The Bertz CT molecular complexity index is 530. The molecule has 3 rings (SSSR count). The Labute approximate surface area is 100 Å². The Kier molecular flexibility index (Phi) is 2.36. The SMILES string of the molecule is CC1(C)CCCNC1c1nnc2ncccn12. The summed E-state index contributed by atoms with van der Waals surface area (Å²) in [6, 6.07) is 2.16. The minimum absolute atomic E-state index is 0.205. The molecule has 1 atom stereocenters. The molecule has 0 bridgehead atoms. The molecule has 1 aliphatic rings. The van der Waals surface area contributed by atoms with Crippen LogP contribution in [0.15, 0.2) is 18.5 Å². The van der Waals surface area contributed by atoms with E-state index < -0.39 is 0 Å². The molecule has 1 aliphatic heterocycles. The molecule has 2 aromatic heterocycles. The Morgan fingerprint density at radius 2 is 2.29 bits per heavy atom.